The fourth-order valence-electron chi connectivity index (χ4n) is 4.90. The van der Waals surface area contributed by atoms with Crippen molar-refractivity contribution in [3.8, 4) is 5.75 Å². The number of carbonyl (C=O) groups excluding carboxylic acids is 1. The minimum atomic E-state index is -0.470. The third kappa shape index (κ3) is 4.69. The maximum Gasteiger partial charge on any atom is 0.410 e. The van der Waals surface area contributed by atoms with Crippen LogP contribution in [-0.4, -0.2) is 62.6 Å². The fraction of sp³-hybridized carbons (Fsp3) is 0.708. The van der Waals surface area contributed by atoms with Crippen molar-refractivity contribution in [2.45, 2.75) is 59.0 Å². The quantitative estimate of drug-likeness (QED) is 0.731. The summed E-state index contributed by atoms with van der Waals surface area (Å²) in [5.74, 6) is 1.59. The van der Waals surface area contributed by atoms with Crippen molar-refractivity contribution in [3.63, 3.8) is 0 Å². The third-order valence-electron chi connectivity index (χ3n) is 6.34. The lowest BCUT2D eigenvalue weighted by Crippen LogP contribution is -2.39. The molecule has 3 heterocycles. The smallest absolute Gasteiger partial charge is 0.410 e. The molecule has 0 N–H and O–H groups in total. The van der Waals surface area contributed by atoms with Crippen molar-refractivity contribution in [1.82, 2.24) is 4.90 Å². The Morgan fingerprint density at radius 2 is 2.00 bits per heavy atom. The van der Waals surface area contributed by atoms with Gasteiger partial charge < -0.3 is 24.0 Å². The van der Waals surface area contributed by atoms with Gasteiger partial charge in [-0.3, -0.25) is 0 Å². The molecule has 0 aliphatic carbocycles. The van der Waals surface area contributed by atoms with Gasteiger partial charge in [0.1, 0.15) is 18.0 Å². The number of nitrogens with zero attached hydrogens (tertiary/aromatic N) is 2. The van der Waals surface area contributed by atoms with Gasteiger partial charge in [0.25, 0.3) is 0 Å². The standard InChI is InChI=1S/C24H36N2O4/c1-17-20-8-10-25(23(27)30-24(2,3)4)9-7-19(20)14-21-22(17)26(11-13-29-21)15-18-6-5-12-28-16-18/h14,18H,5-13,15-16H2,1-4H3. The van der Waals surface area contributed by atoms with Crippen molar-refractivity contribution in [1.29, 1.82) is 0 Å². The molecule has 1 unspecified atom stereocenters. The van der Waals surface area contributed by atoms with Crippen LogP contribution in [-0.2, 0) is 22.3 Å². The molecular formula is C24H36N2O4. The van der Waals surface area contributed by atoms with Gasteiger partial charge in [-0.2, -0.15) is 0 Å². The molecule has 0 bridgehead atoms. The topological polar surface area (TPSA) is 51.2 Å². The molecule has 4 rings (SSSR count). The van der Waals surface area contributed by atoms with Crippen LogP contribution in [0, 0.1) is 12.8 Å². The predicted octanol–water partition coefficient (Wildman–Crippen LogP) is 3.96. The third-order valence-corrected chi connectivity index (χ3v) is 6.34. The van der Waals surface area contributed by atoms with Gasteiger partial charge in [-0.25, -0.2) is 4.79 Å². The molecule has 0 spiro atoms. The number of ether oxygens (including phenoxy) is 3. The molecule has 3 aliphatic heterocycles. The SMILES string of the molecule is Cc1c2c(cc3c1N(CC1CCCOC1)CCO3)CCN(C(=O)OC(C)(C)C)CC2. The summed E-state index contributed by atoms with van der Waals surface area (Å²) in [5.41, 5.74) is 4.76. The molecule has 166 valence electrons. The zero-order chi connectivity index (χ0) is 21.3. The number of carbonyl (C=O) groups is 1. The van der Waals surface area contributed by atoms with Crippen LogP contribution in [0.1, 0.15) is 50.3 Å². The van der Waals surface area contributed by atoms with E-state index in [0.29, 0.717) is 19.0 Å². The number of anilines is 1. The average molecular weight is 417 g/mol. The highest BCUT2D eigenvalue weighted by Crippen LogP contribution is 2.40. The van der Waals surface area contributed by atoms with Crippen LogP contribution in [0.25, 0.3) is 0 Å². The molecule has 1 saturated heterocycles. The van der Waals surface area contributed by atoms with Crippen molar-refractivity contribution in [3.05, 3.63) is 22.8 Å². The van der Waals surface area contributed by atoms with E-state index in [-0.39, 0.29) is 6.09 Å². The summed E-state index contributed by atoms with van der Waals surface area (Å²) in [5, 5.41) is 0. The molecular weight excluding hydrogens is 380 g/mol. The molecule has 1 aromatic rings. The monoisotopic (exact) mass is 416 g/mol. The molecule has 6 nitrogen and oxygen atoms in total. The first-order valence-corrected chi connectivity index (χ1v) is 11.4. The maximum absolute atomic E-state index is 12.6. The first-order valence-electron chi connectivity index (χ1n) is 11.4. The van der Waals surface area contributed by atoms with E-state index in [2.05, 4.69) is 17.9 Å². The second-order valence-electron chi connectivity index (χ2n) is 9.83. The maximum atomic E-state index is 12.6. The van der Waals surface area contributed by atoms with E-state index in [0.717, 1.165) is 57.9 Å². The summed E-state index contributed by atoms with van der Waals surface area (Å²) in [6.07, 6.45) is 3.87. The van der Waals surface area contributed by atoms with Gasteiger partial charge in [0.15, 0.2) is 0 Å². The highest BCUT2D eigenvalue weighted by atomic mass is 16.6. The lowest BCUT2D eigenvalue weighted by molar-refractivity contribution is 0.0258. The van der Waals surface area contributed by atoms with Crippen LogP contribution in [0.5, 0.6) is 5.75 Å². The van der Waals surface area contributed by atoms with Gasteiger partial charge in [0.2, 0.25) is 0 Å². The molecule has 0 radical (unpaired) electrons. The normalized spacial score (nSPS) is 21.9. The number of amides is 1. The summed E-state index contributed by atoms with van der Waals surface area (Å²) in [4.78, 5) is 16.9. The van der Waals surface area contributed by atoms with Crippen LogP contribution in [0.15, 0.2) is 6.07 Å². The van der Waals surface area contributed by atoms with Crippen LogP contribution in [0.4, 0.5) is 10.5 Å². The molecule has 6 heteroatoms. The number of hydrogen-bond acceptors (Lipinski definition) is 5. The Balaban J connectivity index is 1.54. The number of fused-ring (bicyclic) bond motifs is 2. The second-order valence-corrected chi connectivity index (χ2v) is 9.83. The first kappa shape index (κ1) is 21.3. The Morgan fingerprint density at radius 1 is 1.20 bits per heavy atom. The summed E-state index contributed by atoms with van der Waals surface area (Å²) in [7, 11) is 0. The summed E-state index contributed by atoms with van der Waals surface area (Å²) >= 11 is 0. The molecule has 1 fully saturated rings. The van der Waals surface area contributed by atoms with Gasteiger partial charge in [0, 0.05) is 26.2 Å². The van der Waals surface area contributed by atoms with E-state index in [1.165, 1.54) is 28.8 Å². The molecule has 3 aliphatic rings. The summed E-state index contributed by atoms with van der Waals surface area (Å²) in [6.45, 7) is 13.8. The van der Waals surface area contributed by atoms with E-state index < -0.39 is 5.60 Å². The molecule has 1 atom stereocenters. The number of rotatable bonds is 2. The Bertz CT molecular complexity index is 780. The van der Waals surface area contributed by atoms with Gasteiger partial charge in [-0.1, -0.05) is 0 Å². The molecule has 1 amide bonds. The molecule has 0 saturated carbocycles. The zero-order valence-corrected chi connectivity index (χ0v) is 19.0. The first-order chi connectivity index (χ1) is 14.3. The summed E-state index contributed by atoms with van der Waals surface area (Å²) in [6, 6.07) is 2.22. The van der Waals surface area contributed by atoms with Crippen molar-refractivity contribution < 1.29 is 19.0 Å². The minimum absolute atomic E-state index is 0.215. The second kappa shape index (κ2) is 8.66. The van der Waals surface area contributed by atoms with E-state index in [1.807, 2.05) is 25.7 Å². The number of hydrogen-bond donors (Lipinski definition) is 0. The highest BCUT2D eigenvalue weighted by molar-refractivity contribution is 5.71. The fourth-order valence-corrected chi connectivity index (χ4v) is 4.90. The zero-order valence-electron chi connectivity index (χ0n) is 19.0. The predicted molar refractivity (Wildman–Crippen MR) is 118 cm³/mol. The van der Waals surface area contributed by atoms with Crippen LogP contribution in [0.3, 0.4) is 0 Å². The van der Waals surface area contributed by atoms with E-state index >= 15 is 0 Å². The van der Waals surface area contributed by atoms with Crippen LogP contribution in [0.2, 0.25) is 0 Å². The molecule has 30 heavy (non-hydrogen) atoms. The average Bonchev–Trinajstić information content (AvgIpc) is 2.91. The minimum Gasteiger partial charge on any atom is -0.490 e. The Hall–Kier alpha value is -1.95. The molecule has 1 aromatic carbocycles. The lowest BCUT2D eigenvalue weighted by atomic mass is 9.93. The van der Waals surface area contributed by atoms with Gasteiger partial charge in [0.05, 0.1) is 18.8 Å². The van der Waals surface area contributed by atoms with Gasteiger partial charge in [-0.05, 0) is 82.1 Å². The Labute approximate surface area is 180 Å². The summed E-state index contributed by atoms with van der Waals surface area (Å²) < 4.78 is 17.4. The lowest BCUT2D eigenvalue weighted by Gasteiger charge is -2.37. The largest absolute Gasteiger partial charge is 0.490 e. The Morgan fingerprint density at radius 3 is 2.73 bits per heavy atom. The van der Waals surface area contributed by atoms with Crippen molar-refractivity contribution in [2.24, 2.45) is 5.92 Å². The van der Waals surface area contributed by atoms with Gasteiger partial charge >= 0.3 is 6.09 Å². The molecule has 0 aromatic heterocycles. The Kier molecular flexibility index (Phi) is 6.14. The van der Waals surface area contributed by atoms with E-state index in [4.69, 9.17) is 14.2 Å². The van der Waals surface area contributed by atoms with E-state index in [9.17, 15) is 4.79 Å². The number of benzene rings is 1. The van der Waals surface area contributed by atoms with Gasteiger partial charge in [-0.15, -0.1) is 0 Å². The van der Waals surface area contributed by atoms with Crippen molar-refractivity contribution >= 4 is 11.8 Å². The van der Waals surface area contributed by atoms with Crippen LogP contribution >= 0.6 is 0 Å². The van der Waals surface area contributed by atoms with Crippen molar-refractivity contribution in [2.75, 3.05) is 50.9 Å². The van der Waals surface area contributed by atoms with E-state index in [1.54, 1.807) is 0 Å². The highest BCUT2D eigenvalue weighted by Gasteiger charge is 2.30. The van der Waals surface area contributed by atoms with Crippen LogP contribution < -0.4 is 9.64 Å².